The highest BCUT2D eigenvalue weighted by Crippen LogP contribution is 2.39. The first-order chi connectivity index (χ1) is 23.9. The van der Waals surface area contributed by atoms with Crippen LogP contribution in [0.3, 0.4) is 0 Å². The summed E-state index contributed by atoms with van der Waals surface area (Å²) in [5.74, 6) is 3.92. The largest absolute Gasteiger partial charge is 0.467 e. The van der Waals surface area contributed by atoms with Crippen LogP contribution in [-0.2, 0) is 20.7 Å². The van der Waals surface area contributed by atoms with Gasteiger partial charge in [0.2, 0.25) is 5.91 Å². The lowest BCUT2D eigenvalue weighted by molar-refractivity contribution is -0.143. The Morgan fingerprint density at radius 1 is 1.18 bits per heavy atom. The monoisotopic (exact) mass is 712 g/mol. The van der Waals surface area contributed by atoms with E-state index in [4.69, 9.17) is 21.8 Å². The van der Waals surface area contributed by atoms with Gasteiger partial charge in [0.05, 0.1) is 41.0 Å². The minimum absolute atomic E-state index is 0.0122. The molecule has 0 aliphatic carbocycles. The third kappa shape index (κ3) is 10.5. The molecule has 15 heteroatoms. The maximum atomic E-state index is 13.7. The Morgan fingerprint density at radius 2 is 1.94 bits per heavy atom. The van der Waals surface area contributed by atoms with E-state index >= 15 is 0 Å². The molecule has 2 aromatic carbocycles. The molecule has 1 fully saturated rings. The van der Waals surface area contributed by atoms with Crippen LogP contribution in [0, 0.1) is 18.4 Å². The number of thiophene rings is 1. The summed E-state index contributed by atoms with van der Waals surface area (Å²) >= 11 is 1.23. The fourth-order valence-electron chi connectivity index (χ4n) is 5.59. The third-order valence-corrected chi connectivity index (χ3v) is 9.35. The second-order valence-corrected chi connectivity index (χ2v) is 12.6. The first-order valence-electron chi connectivity index (χ1n) is 16.0. The van der Waals surface area contributed by atoms with Crippen LogP contribution < -0.4 is 26.4 Å². The number of hydrogen-bond acceptors (Lipinski definition) is 9. The van der Waals surface area contributed by atoms with Crippen LogP contribution in [0.1, 0.15) is 53.4 Å². The van der Waals surface area contributed by atoms with Crippen LogP contribution in [-0.4, -0.2) is 81.0 Å². The molecule has 4 rings (SSSR count). The molecule has 0 bridgehead atoms. The van der Waals surface area contributed by atoms with Crippen molar-refractivity contribution in [2.45, 2.75) is 57.3 Å². The number of fused-ring (bicyclic) bond motifs is 1. The average Bonchev–Trinajstić information content (AvgIpc) is 3.43. The third-order valence-electron chi connectivity index (χ3n) is 8.16. The van der Waals surface area contributed by atoms with Crippen LogP contribution >= 0.6 is 11.3 Å². The van der Waals surface area contributed by atoms with E-state index in [1.54, 1.807) is 12.1 Å². The van der Waals surface area contributed by atoms with Gasteiger partial charge in [-0.05, 0) is 61.0 Å². The number of rotatable bonds is 14. The molecule has 50 heavy (non-hydrogen) atoms. The molecule has 0 saturated carbocycles. The van der Waals surface area contributed by atoms with E-state index < -0.39 is 36.4 Å². The minimum atomic E-state index is -4.43. The summed E-state index contributed by atoms with van der Waals surface area (Å²) in [6, 6.07) is 8.80. The number of halogens is 3. The minimum Gasteiger partial charge on any atom is -0.467 e. The van der Waals surface area contributed by atoms with E-state index in [0.29, 0.717) is 16.0 Å². The van der Waals surface area contributed by atoms with Crippen molar-refractivity contribution in [1.29, 1.82) is 0 Å². The van der Waals surface area contributed by atoms with Gasteiger partial charge in [0, 0.05) is 31.1 Å². The number of carbonyl (C=O) groups is 3. The highest BCUT2D eigenvalue weighted by atomic mass is 32.1. The summed E-state index contributed by atoms with van der Waals surface area (Å²) in [6.45, 7) is 11.8. The molecule has 2 amide bonds. The van der Waals surface area contributed by atoms with E-state index in [1.807, 2.05) is 6.07 Å². The van der Waals surface area contributed by atoms with Crippen molar-refractivity contribution in [3.8, 4) is 17.6 Å². The SMILES string of the molecule is [C-]#[N+]COc1cc(C(=O)NC(CCC(N)=O)C(=O)OC)ccc1NCC#Cc1sc2c(NC3CCN(CC)CC3)cccc2c1CC(F)(F)F. The van der Waals surface area contributed by atoms with Crippen molar-refractivity contribution in [2.75, 3.05) is 50.7 Å². The second kappa shape index (κ2) is 17.6. The highest BCUT2D eigenvalue weighted by Gasteiger charge is 2.31. The zero-order valence-electron chi connectivity index (χ0n) is 27.7. The van der Waals surface area contributed by atoms with Crippen LogP contribution in [0.25, 0.3) is 14.9 Å². The summed E-state index contributed by atoms with van der Waals surface area (Å²) < 4.78 is 52.2. The number of anilines is 2. The molecule has 1 aromatic heterocycles. The fraction of sp³-hybridized carbons (Fsp3) is 0.429. The predicted molar refractivity (Wildman–Crippen MR) is 186 cm³/mol. The number of piperidine rings is 1. The number of hydrogen-bond donors (Lipinski definition) is 4. The van der Waals surface area contributed by atoms with Gasteiger partial charge >= 0.3 is 18.9 Å². The summed E-state index contributed by atoms with van der Waals surface area (Å²) in [5.41, 5.74) is 6.58. The Labute approximate surface area is 292 Å². The topological polar surface area (TPSA) is 139 Å². The molecule has 266 valence electrons. The maximum absolute atomic E-state index is 13.7. The number of carbonyl (C=O) groups excluding carboxylic acids is 3. The molecule has 1 unspecified atom stereocenters. The number of esters is 1. The Bertz CT molecular complexity index is 1790. The highest BCUT2D eigenvalue weighted by molar-refractivity contribution is 7.20. The van der Waals surface area contributed by atoms with Crippen molar-refractivity contribution in [3.05, 3.63) is 63.8 Å². The Balaban J connectivity index is 1.53. The maximum Gasteiger partial charge on any atom is 0.393 e. The molecule has 1 aliphatic rings. The van der Waals surface area contributed by atoms with Gasteiger partial charge in [-0.15, -0.1) is 11.3 Å². The zero-order valence-corrected chi connectivity index (χ0v) is 28.6. The Morgan fingerprint density at radius 3 is 2.60 bits per heavy atom. The molecule has 0 spiro atoms. The molecular weight excluding hydrogens is 673 g/mol. The molecule has 3 aromatic rings. The van der Waals surface area contributed by atoms with Crippen molar-refractivity contribution < 1.29 is 37.0 Å². The van der Waals surface area contributed by atoms with E-state index in [-0.39, 0.29) is 49.0 Å². The number of nitrogens with two attached hydrogens (primary N) is 1. The van der Waals surface area contributed by atoms with E-state index in [1.165, 1.54) is 29.5 Å². The number of methoxy groups -OCH3 is 1. The second-order valence-electron chi connectivity index (χ2n) is 11.6. The number of primary amides is 1. The lowest BCUT2D eigenvalue weighted by Crippen LogP contribution is -2.42. The van der Waals surface area contributed by atoms with Crippen molar-refractivity contribution in [2.24, 2.45) is 5.73 Å². The van der Waals surface area contributed by atoms with Gasteiger partial charge in [-0.25, -0.2) is 11.4 Å². The van der Waals surface area contributed by atoms with Gasteiger partial charge in [-0.1, -0.05) is 30.9 Å². The van der Waals surface area contributed by atoms with Gasteiger partial charge in [-0.3, -0.25) is 14.4 Å². The Hall–Kier alpha value is -4.99. The number of nitrogens with one attached hydrogen (secondary N) is 3. The number of ether oxygens (including phenoxy) is 2. The van der Waals surface area contributed by atoms with Gasteiger partial charge < -0.3 is 36.1 Å². The number of likely N-dealkylation sites (tertiary alicyclic amines) is 1. The summed E-state index contributed by atoms with van der Waals surface area (Å²) in [5, 5.41) is 9.64. The average molecular weight is 713 g/mol. The van der Waals surface area contributed by atoms with Crippen molar-refractivity contribution in [3.63, 3.8) is 0 Å². The summed E-state index contributed by atoms with van der Waals surface area (Å²) in [4.78, 5) is 42.2. The molecule has 11 nitrogen and oxygen atoms in total. The van der Waals surface area contributed by atoms with Crippen LogP contribution in [0.15, 0.2) is 36.4 Å². The number of nitrogens with zero attached hydrogens (tertiary/aromatic N) is 2. The molecule has 2 heterocycles. The van der Waals surface area contributed by atoms with Gasteiger partial charge in [-0.2, -0.15) is 13.2 Å². The van der Waals surface area contributed by atoms with Gasteiger partial charge in [0.25, 0.3) is 5.91 Å². The van der Waals surface area contributed by atoms with Crippen LogP contribution in [0.2, 0.25) is 0 Å². The molecule has 1 saturated heterocycles. The molecular formula is C35H39F3N6O5S. The first-order valence-corrected chi connectivity index (χ1v) is 16.8. The van der Waals surface area contributed by atoms with Gasteiger partial charge in [0.1, 0.15) is 6.04 Å². The van der Waals surface area contributed by atoms with Gasteiger partial charge in [0.15, 0.2) is 5.75 Å². The van der Waals surface area contributed by atoms with Crippen LogP contribution in [0.4, 0.5) is 24.5 Å². The van der Waals surface area contributed by atoms with E-state index in [2.05, 4.69) is 44.5 Å². The molecule has 1 atom stereocenters. The number of alkyl halides is 3. The quantitative estimate of drug-likeness (QED) is 0.102. The van der Waals surface area contributed by atoms with Crippen molar-refractivity contribution in [1.82, 2.24) is 10.2 Å². The van der Waals surface area contributed by atoms with E-state index in [0.717, 1.165) is 50.0 Å². The standard InChI is InChI=1S/C35H39F3N6O5S/c1-4-44-17-14-23(15-18-44)42-27-8-5-7-24-25(20-35(36,37)38)30(50-32(24)27)9-6-16-41-26-11-10-22(19-29(26)49-21-40-2)33(46)43-28(34(47)48-3)12-13-31(39)45/h5,7-8,10-11,19,23,28,41-42H,4,12-18,20-21H2,1,3H3,(H2,39,45)(H,43,46). The number of amides is 2. The summed E-state index contributed by atoms with van der Waals surface area (Å²) in [7, 11) is 1.15. The van der Waals surface area contributed by atoms with E-state index in [9.17, 15) is 27.6 Å². The smallest absolute Gasteiger partial charge is 0.393 e. The number of benzene rings is 2. The molecule has 0 radical (unpaired) electrons. The van der Waals surface area contributed by atoms with Crippen molar-refractivity contribution >= 4 is 50.6 Å². The molecule has 5 N–H and O–H groups in total. The lowest BCUT2D eigenvalue weighted by Gasteiger charge is -2.32. The van der Waals surface area contributed by atoms with Crippen LogP contribution in [0.5, 0.6) is 5.75 Å². The Kier molecular flexibility index (Phi) is 13.3. The lowest BCUT2D eigenvalue weighted by atomic mass is 10.0. The predicted octanol–water partition coefficient (Wildman–Crippen LogP) is 5.16. The first kappa shape index (κ1) is 37.8. The fourth-order valence-corrected chi connectivity index (χ4v) is 6.76. The zero-order chi connectivity index (χ0) is 36.3. The summed E-state index contributed by atoms with van der Waals surface area (Å²) in [6.07, 6.45) is -3.86. The molecule has 1 aliphatic heterocycles. The normalized spacial score (nSPS) is 14.2.